The molecule has 188 valence electrons. The van der Waals surface area contributed by atoms with Crippen LogP contribution in [0.2, 0.25) is 0 Å². The number of alkyl halides is 3. The van der Waals surface area contributed by atoms with E-state index < -0.39 is 9.96 Å². The standard InChI is InChI=1S/C25H40Cl3N3OS/c1-3-4-5-6-7-8-9-10-11-12-13-14-19-22(32)30-23(25(26,27)28)31-24(33)29-21-18-16-15-17-20(21)2/h15-18,23H,3-14,19H2,1-2H3,(H,30,32)(H2,29,31,33). The van der Waals surface area contributed by atoms with Gasteiger partial charge in [-0.2, -0.15) is 0 Å². The van der Waals surface area contributed by atoms with Gasteiger partial charge in [-0.1, -0.05) is 131 Å². The first-order chi connectivity index (χ1) is 15.7. The summed E-state index contributed by atoms with van der Waals surface area (Å²) in [5.74, 6) is -0.162. The van der Waals surface area contributed by atoms with Crippen molar-refractivity contribution < 1.29 is 4.79 Å². The highest BCUT2D eigenvalue weighted by Gasteiger charge is 2.34. The van der Waals surface area contributed by atoms with E-state index in [9.17, 15) is 4.79 Å². The Balaban J connectivity index is 2.23. The molecule has 8 heteroatoms. The zero-order valence-electron chi connectivity index (χ0n) is 20.0. The number of anilines is 1. The molecular formula is C25H40Cl3N3OS. The predicted molar refractivity (Wildman–Crippen MR) is 148 cm³/mol. The maximum absolute atomic E-state index is 12.4. The monoisotopic (exact) mass is 535 g/mol. The highest BCUT2D eigenvalue weighted by Crippen LogP contribution is 2.29. The quantitative estimate of drug-likeness (QED) is 0.0862. The van der Waals surface area contributed by atoms with E-state index in [-0.39, 0.29) is 11.0 Å². The second kappa shape index (κ2) is 17.7. The van der Waals surface area contributed by atoms with Gasteiger partial charge >= 0.3 is 0 Å². The molecule has 4 nitrogen and oxygen atoms in total. The molecular weight excluding hydrogens is 497 g/mol. The van der Waals surface area contributed by atoms with Crippen LogP contribution in [0, 0.1) is 6.92 Å². The Kier molecular flexibility index (Phi) is 16.2. The van der Waals surface area contributed by atoms with Crippen molar-refractivity contribution in [3.63, 3.8) is 0 Å². The van der Waals surface area contributed by atoms with Crippen molar-refractivity contribution in [3.8, 4) is 0 Å². The summed E-state index contributed by atoms with van der Waals surface area (Å²) in [7, 11) is 0. The van der Waals surface area contributed by atoms with E-state index in [4.69, 9.17) is 47.0 Å². The van der Waals surface area contributed by atoms with Crippen molar-refractivity contribution in [3.05, 3.63) is 29.8 Å². The van der Waals surface area contributed by atoms with Gasteiger partial charge in [-0.15, -0.1) is 0 Å². The minimum atomic E-state index is -1.75. The van der Waals surface area contributed by atoms with Gasteiger partial charge in [0.2, 0.25) is 9.70 Å². The molecule has 0 heterocycles. The number of aryl methyl sites for hydroxylation is 1. The molecule has 1 unspecified atom stereocenters. The van der Waals surface area contributed by atoms with Crippen LogP contribution in [0.25, 0.3) is 0 Å². The number of hydrogen-bond donors (Lipinski definition) is 3. The molecule has 1 amide bonds. The van der Waals surface area contributed by atoms with Crippen LogP contribution < -0.4 is 16.0 Å². The van der Waals surface area contributed by atoms with Crippen molar-refractivity contribution in [2.45, 2.75) is 107 Å². The summed E-state index contributed by atoms with van der Waals surface area (Å²) in [5, 5.41) is 9.00. The molecule has 1 aromatic carbocycles. The maximum atomic E-state index is 12.4. The third-order valence-corrected chi connectivity index (χ3v) is 6.43. The predicted octanol–water partition coefficient (Wildman–Crippen LogP) is 8.19. The fourth-order valence-corrected chi connectivity index (χ4v) is 4.12. The molecule has 0 saturated carbocycles. The van der Waals surface area contributed by atoms with E-state index >= 15 is 0 Å². The minimum Gasteiger partial charge on any atom is -0.339 e. The summed E-state index contributed by atoms with van der Waals surface area (Å²) in [6.07, 6.45) is 14.4. The third kappa shape index (κ3) is 15.0. The number of nitrogens with one attached hydrogen (secondary N) is 3. The highest BCUT2D eigenvalue weighted by molar-refractivity contribution is 7.80. The lowest BCUT2D eigenvalue weighted by Gasteiger charge is -2.28. The van der Waals surface area contributed by atoms with Gasteiger partial charge in [0, 0.05) is 12.1 Å². The van der Waals surface area contributed by atoms with Crippen molar-refractivity contribution in [1.29, 1.82) is 0 Å². The Morgan fingerprint density at radius 2 is 1.39 bits per heavy atom. The number of carbonyl (C=O) groups is 1. The first-order valence-corrected chi connectivity index (χ1v) is 13.8. The third-order valence-electron chi connectivity index (χ3n) is 5.56. The van der Waals surface area contributed by atoms with E-state index in [0.29, 0.717) is 6.42 Å². The second-order valence-electron chi connectivity index (χ2n) is 8.59. The molecule has 0 spiro atoms. The van der Waals surface area contributed by atoms with E-state index in [0.717, 1.165) is 30.5 Å². The molecule has 0 aliphatic carbocycles. The molecule has 33 heavy (non-hydrogen) atoms. The molecule has 0 fully saturated rings. The van der Waals surface area contributed by atoms with Crippen LogP contribution in [0.4, 0.5) is 5.69 Å². The van der Waals surface area contributed by atoms with Gasteiger partial charge in [-0.25, -0.2) is 0 Å². The van der Waals surface area contributed by atoms with Crippen LogP contribution in [-0.4, -0.2) is 21.0 Å². The van der Waals surface area contributed by atoms with Gasteiger partial charge in [0.15, 0.2) is 5.11 Å². The van der Waals surface area contributed by atoms with Crippen LogP contribution in [0.3, 0.4) is 0 Å². The molecule has 0 aromatic heterocycles. The molecule has 1 atom stereocenters. The zero-order valence-corrected chi connectivity index (χ0v) is 23.1. The first kappa shape index (κ1) is 30.3. The van der Waals surface area contributed by atoms with Gasteiger partial charge in [0.1, 0.15) is 6.17 Å². The van der Waals surface area contributed by atoms with Crippen LogP contribution in [-0.2, 0) is 4.79 Å². The normalized spacial score (nSPS) is 12.3. The molecule has 0 aliphatic rings. The van der Waals surface area contributed by atoms with Crippen molar-refractivity contribution in [2.75, 3.05) is 5.32 Å². The van der Waals surface area contributed by atoms with Gasteiger partial charge in [0.05, 0.1) is 0 Å². The van der Waals surface area contributed by atoms with Gasteiger partial charge < -0.3 is 16.0 Å². The Morgan fingerprint density at radius 1 is 0.879 bits per heavy atom. The van der Waals surface area contributed by atoms with Crippen LogP contribution in [0.1, 0.15) is 96.0 Å². The van der Waals surface area contributed by atoms with Crippen molar-refractivity contribution >= 4 is 63.7 Å². The lowest BCUT2D eigenvalue weighted by atomic mass is 10.0. The number of rotatable bonds is 16. The van der Waals surface area contributed by atoms with E-state index in [1.165, 1.54) is 57.8 Å². The largest absolute Gasteiger partial charge is 0.339 e. The van der Waals surface area contributed by atoms with Gasteiger partial charge in [-0.3, -0.25) is 4.79 Å². The number of halogens is 3. The molecule has 0 saturated heterocycles. The smallest absolute Gasteiger partial charge is 0.228 e. The topological polar surface area (TPSA) is 53.2 Å². The summed E-state index contributed by atoms with van der Waals surface area (Å²) in [4.78, 5) is 12.4. The number of carbonyl (C=O) groups excluding carboxylic acids is 1. The molecule has 1 aromatic rings. The van der Waals surface area contributed by atoms with Crippen molar-refractivity contribution in [1.82, 2.24) is 10.6 Å². The summed E-state index contributed by atoms with van der Waals surface area (Å²) >= 11 is 23.5. The van der Waals surface area contributed by atoms with Gasteiger partial charge in [-0.05, 0) is 37.2 Å². The Bertz CT molecular complexity index is 698. The highest BCUT2D eigenvalue weighted by atomic mass is 35.6. The Hall–Kier alpha value is -0.750. The number of hydrogen-bond acceptors (Lipinski definition) is 2. The number of unbranched alkanes of at least 4 members (excludes halogenated alkanes) is 11. The summed E-state index contributed by atoms with van der Waals surface area (Å²) in [6.45, 7) is 4.22. The maximum Gasteiger partial charge on any atom is 0.228 e. The molecule has 0 aliphatic heterocycles. The Morgan fingerprint density at radius 3 is 1.91 bits per heavy atom. The first-order valence-electron chi connectivity index (χ1n) is 12.2. The lowest BCUT2D eigenvalue weighted by molar-refractivity contribution is -0.122. The molecule has 1 rings (SSSR count). The average Bonchev–Trinajstić information content (AvgIpc) is 2.75. The van der Waals surface area contributed by atoms with Gasteiger partial charge in [0.25, 0.3) is 0 Å². The van der Waals surface area contributed by atoms with E-state index in [1.807, 2.05) is 31.2 Å². The fourth-order valence-electron chi connectivity index (χ4n) is 3.56. The number of benzene rings is 1. The number of para-hydroxylation sites is 1. The number of thiocarbonyl (C=S) groups is 1. The second-order valence-corrected chi connectivity index (χ2v) is 11.4. The molecule has 3 N–H and O–H groups in total. The van der Waals surface area contributed by atoms with Crippen LogP contribution in [0.15, 0.2) is 24.3 Å². The fraction of sp³-hybridized carbons (Fsp3) is 0.680. The lowest BCUT2D eigenvalue weighted by Crippen LogP contribution is -2.56. The molecule has 0 radical (unpaired) electrons. The number of amides is 1. The SMILES string of the molecule is CCCCCCCCCCCCCCC(=O)NC(NC(=S)Nc1ccccc1C)C(Cl)(Cl)Cl. The molecule has 0 bridgehead atoms. The summed E-state index contributed by atoms with van der Waals surface area (Å²) in [6, 6.07) is 7.71. The Labute approximate surface area is 220 Å². The summed E-state index contributed by atoms with van der Waals surface area (Å²) < 4.78 is -1.75. The van der Waals surface area contributed by atoms with Crippen LogP contribution >= 0.6 is 47.0 Å². The minimum absolute atomic E-state index is 0.162. The van der Waals surface area contributed by atoms with Crippen LogP contribution in [0.5, 0.6) is 0 Å². The van der Waals surface area contributed by atoms with E-state index in [1.54, 1.807) is 0 Å². The van der Waals surface area contributed by atoms with Crippen molar-refractivity contribution in [2.24, 2.45) is 0 Å². The summed E-state index contributed by atoms with van der Waals surface area (Å²) in [5.41, 5.74) is 1.88. The average molecular weight is 537 g/mol. The zero-order chi connectivity index (χ0) is 24.5. The van der Waals surface area contributed by atoms with E-state index in [2.05, 4.69) is 22.9 Å².